The number of aliphatic hydroxyl groups excluding tert-OH is 1. The lowest BCUT2D eigenvalue weighted by molar-refractivity contribution is 0.275. The summed E-state index contributed by atoms with van der Waals surface area (Å²) in [7, 11) is 7.73. The second kappa shape index (κ2) is 7.39. The van der Waals surface area contributed by atoms with Crippen LogP contribution < -0.4 is 26.0 Å². The Balaban J connectivity index is 2.07. The van der Waals surface area contributed by atoms with Gasteiger partial charge in [0.1, 0.15) is 0 Å². The van der Waals surface area contributed by atoms with Crippen LogP contribution in [0.5, 0.6) is 11.5 Å². The number of anilines is 1. The van der Waals surface area contributed by atoms with E-state index in [1.165, 1.54) is 18.7 Å². The van der Waals surface area contributed by atoms with Gasteiger partial charge in [-0.15, -0.1) is 0 Å². The maximum Gasteiger partial charge on any atom is 0.332 e. The molecule has 2 N–H and O–H groups in total. The lowest BCUT2D eigenvalue weighted by Gasteiger charge is -2.19. The maximum absolute atomic E-state index is 12.5. The standard InChI is InChI=1S/C18H23N5O5/c1-21-14-15(22(2)18(26)23(3)16(14)25)20-17(21)19-11(9-24)10-6-7-12(27-4)13(8-10)28-5/h6-8,11,24H,9H2,1-5H3,(H,19,20)/t11-/m0/s1. The number of ether oxygens (including phenoxy) is 2. The Kier molecular flexibility index (Phi) is 5.14. The number of aliphatic hydroxyl groups is 1. The highest BCUT2D eigenvalue weighted by molar-refractivity contribution is 5.74. The normalized spacial score (nSPS) is 12.2. The van der Waals surface area contributed by atoms with Gasteiger partial charge in [-0.1, -0.05) is 6.07 Å². The summed E-state index contributed by atoms with van der Waals surface area (Å²) in [5.41, 5.74) is 0.403. The predicted molar refractivity (Wildman–Crippen MR) is 104 cm³/mol. The Morgan fingerprint density at radius 3 is 2.36 bits per heavy atom. The lowest BCUT2D eigenvalue weighted by Crippen LogP contribution is -2.37. The number of hydrogen-bond donors (Lipinski definition) is 2. The molecular weight excluding hydrogens is 366 g/mol. The van der Waals surface area contributed by atoms with Crippen LogP contribution in [0.1, 0.15) is 11.6 Å². The summed E-state index contributed by atoms with van der Waals surface area (Å²) in [5.74, 6) is 1.45. The molecule has 0 aliphatic heterocycles. The quantitative estimate of drug-likeness (QED) is 0.616. The van der Waals surface area contributed by atoms with E-state index < -0.39 is 17.3 Å². The van der Waals surface area contributed by atoms with E-state index in [1.807, 2.05) is 0 Å². The monoisotopic (exact) mass is 389 g/mol. The summed E-state index contributed by atoms with van der Waals surface area (Å²) in [6.45, 7) is -0.227. The van der Waals surface area contributed by atoms with Crippen molar-refractivity contribution in [2.24, 2.45) is 21.1 Å². The minimum atomic E-state index is -0.517. The molecule has 0 aliphatic carbocycles. The van der Waals surface area contributed by atoms with E-state index in [-0.39, 0.29) is 17.8 Å². The van der Waals surface area contributed by atoms with Gasteiger partial charge in [0.15, 0.2) is 22.7 Å². The SMILES string of the molecule is COc1ccc([C@H](CO)Nc2nc3c(c(=O)n(C)c(=O)n3C)n2C)cc1OC. The molecule has 0 saturated heterocycles. The second-order valence-electron chi connectivity index (χ2n) is 6.37. The second-order valence-corrected chi connectivity index (χ2v) is 6.37. The summed E-state index contributed by atoms with van der Waals surface area (Å²) < 4.78 is 14.5. The minimum absolute atomic E-state index is 0.227. The van der Waals surface area contributed by atoms with Crippen molar-refractivity contribution in [2.75, 3.05) is 26.1 Å². The Bertz CT molecular complexity index is 1140. The van der Waals surface area contributed by atoms with Crippen LogP contribution in [0.4, 0.5) is 5.95 Å². The highest BCUT2D eigenvalue weighted by atomic mass is 16.5. The molecule has 0 saturated carbocycles. The van der Waals surface area contributed by atoms with Gasteiger partial charge < -0.3 is 24.5 Å². The number of benzene rings is 1. The predicted octanol–water partition coefficient (Wildman–Crippen LogP) is 0.133. The van der Waals surface area contributed by atoms with Crippen LogP contribution in [0.3, 0.4) is 0 Å². The largest absolute Gasteiger partial charge is 0.493 e. The van der Waals surface area contributed by atoms with Crippen molar-refractivity contribution in [3.63, 3.8) is 0 Å². The van der Waals surface area contributed by atoms with E-state index in [0.29, 0.717) is 17.4 Å². The third-order valence-electron chi connectivity index (χ3n) is 4.77. The van der Waals surface area contributed by atoms with Crippen molar-refractivity contribution >= 4 is 17.1 Å². The van der Waals surface area contributed by atoms with Crippen molar-refractivity contribution in [3.05, 3.63) is 44.6 Å². The molecule has 1 atom stereocenters. The first-order valence-corrected chi connectivity index (χ1v) is 8.55. The van der Waals surface area contributed by atoms with Gasteiger partial charge in [-0.3, -0.25) is 13.9 Å². The first-order chi connectivity index (χ1) is 13.3. The molecule has 0 amide bonds. The fourth-order valence-electron chi connectivity index (χ4n) is 3.11. The van der Waals surface area contributed by atoms with E-state index in [2.05, 4.69) is 10.3 Å². The van der Waals surface area contributed by atoms with Crippen LogP contribution in [0.2, 0.25) is 0 Å². The lowest BCUT2D eigenvalue weighted by atomic mass is 10.1. The minimum Gasteiger partial charge on any atom is -0.493 e. The molecule has 0 unspecified atom stereocenters. The van der Waals surface area contributed by atoms with Gasteiger partial charge in [-0.2, -0.15) is 4.98 Å². The molecule has 0 radical (unpaired) electrons. The molecular formula is C18H23N5O5. The summed E-state index contributed by atoms with van der Waals surface area (Å²) in [6.07, 6.45) is 0. The van der Waals surface area contributed by atoms with Crippen LogP contribution >= 0.6 is 0 Å². The molecule has 0 bridgehead atoms. The van der Waals surface area contributed by atoms with E-state index >= 15 is 0 Å². The Morgan fingerprint density at radius 2 is 1.75 bits per heavy atom. The zero-order chi connectivity index (χ0) is 20.6. The van der Waals surface area contributed by atoms with Gasteiger partial charge in [0.25, 0.3) is 5.56 Å². The summed E-state index contributed by atoms with van der Waals surface area (Å²) in [4.78, 5) is 29.0. The molecule has 10 heteroatoms. The van der Waals surface area contributed by atoms with Gasteiger partial charge in [-0.25, -0.2) is 4.79 Å². The summed E-state index contributed by atoms with van der Waals surface area (Å²) >= 11 is 0. The van der Waals surface area contributed by atoms with Crippen LogP contribution in [-0.2, 0) is 21.1 Å². The van der Waals surface area contributed by atoms with Crippen molar-refractivity contribution < 1.29 is 14.6 Å². The van der Waals surface area contributed by atoms with Gasteiger partial charge in [0.2, 0.25) is 5.95 Å². The number of nitrogens with zero attached hydrogens (tertiary/aromatic N) is 4. The van der Waals surface area contributed by atoms with Gasteiger partial charge >= 0.3 is 5.69 Å². The summed E-state index contributed by atoms with van der Waals surface area (Å²) in [5, 5.41) is 13.0. The highest BCUT2D eigenvalue weighted by Gasteiger charge is 2.20. The van der Waals surface area contributed by atoms with Crippen LogP contribution in [0.15, 0.2) is 27.8 Å². The zero-order valence-electron chi connectivity index (χ0n) is 16.4. The van der Waals surface area contributed by atoms with Crippen LogP contribution in [0, 0.1) is 0 Å². The number of rotatable bonds is 6. The van der Waals surface area contributed by atoms with E-state index in [1.54, 1.807) is 44.0 Å². The average Bonchev–Trinajstić information content (AvgIpc) is 3.04. The Labute approximate surface area is 160 Å². The molecule has 3 rings (SSSR count). The number of methoxy groups -OCH3 is 2. The third kappa shape index (κ3) is 3.01. The fraction of sp³-hybridized carbons (Fsp3) is 0.389. The molecule has 10 nitrogen and oxygen atoms in total. The number of aryl methyl sites for hydroxylation is 2. The topological polar surface area (TPSA) is 113 Å². The number of aromatic nitrogens is 4. The van der Waals surface area contributed by atoms with Crippen molar-refractivity contribution in [3.8, 4) is 11.5 Å². The van der Waals surface area contributed by atoms with Gasteiger partial charge in [0, 0.05) is 21.1 Å². The van der Waals surface area contributed by atoms with Gasteiger partial charge in [-0.05, 0) is 17.7 Å². The molecule has 3 aromatic rings. The number of nitrogens with one attached hydrogen (secondary N) is 1. The highest BCUT2D eigenvalue weighted by Crippen LogP contribution is 2.31. The van der Waals surface area contributed by atoms with E-state index in [9.17, 15) is 14.7 Å². The molecule has 150 valence electrons. The Hall–Kier alpha value is -3.27. The number of imidazole rings is 1. The molecule has 0 aliphatic rings. The molecule has 2 aromatic heterocycles. The number of hydrogen-bond acceptors (Lipinski definition) is 7. The first-order valence-electron chi connectivity index (χ1n) is 8.55. The third-order valence-corrected chi connectivity index (χ3v) is 4.77. The van der Waals surface area contributed by atoms with Crippen molar-refractivity contribution in [1.29, 1.82) is 0 Å². The average molecular weight is 389 g/mol. The summed E-state index contributed by atoms with van der Waals surface area (Å²) in [6, 6.07) is 4.78. The molecule has 28 heavy (non-hydrogen) atoms. The zero-order valence-corrected chi connectivity index (χ0v) is 16.4. The number of fused-ring (bicyclic) bond motifs is 1. The molecule has 0 fully saturated rings. The van der Waals surface area contributed by atoms with Crippen molar-refractivity contribution in [2.45, 2.75) is 6.04 Å². The van der Waals surface area contributed by atoms with Gasteiger partial charge in [0.05, 0.1) is 26.9 Å². The van der Waals surface area contributed by atoms with Crippen molar-refractivity contribution in [1.82, 2.24) is 18.7 Å². The fourth-order valence-corrected chi connectivity index (χ4v) is 3.11. The first kappa shape index (κ1) is 19.5. The van der Waals surface area contributed by atoms with Crippen LogP contribution in [-0.4, -0.2) is 44.6 Å². The maximum atomic E-state index is 12.5. The van der Waals surface area contributed by atoms with Crippen LogP contribution in [0.25, 0.3) is 11.2 Å². The molecule has 2 heterocycles. The van der Waals surface area contributed by atoms with E-state index in [4.69, 9.17) is 9.47 Å². The Morgan fingerprint density at radius 1 is 1.07 bits per heavy atom. The molecule has 1 aromatic carbocycles. The molecule has 0 spiro atoms. The smallest absolute Gasteiger partial charge is 0.332 e. The van der Waals surface area contributed by atoms with E-state index in [0.717, 1.165) is 10.1 Å².